The molecule has 2 N–H and O–H groups in total. The van der Waals surface area contributed by atoms with E-state index in [4.69, 9.17) is 26.3 Å². The number of carbonyl (C=O) groups excluding carboxylic acids is 1. The number of anilines is 2. The SMILES string of the molecule is CN(C)c1nc(NC2CCC(NC(=O)C(C)(C)Oc3ccc(Cl)cc3)CC2)nc2c1CCCC2. The van der Waals surface area contributed by atoms with Crippen LogP contribution in [0.1, 0.15) is 63.6 Å². The molecule has 0 aliphatic heterocycles. The Kier molecular flexibility index (Phi) is 7.51. The Hall–Kier alpha value is -2.54. The fraction of sp³-hybridized carbons (Fsp3) is 0.577. The molecule has 1 heterocycles. The molecule has 1 aromatic heterocycles. The lowest BCUT2D eigenvalue weighted by atomic mass is 9.90. The maximum Gasteiger partial charge on any atom is 0.263 e. The zero-order valence-electron chi connectivity index (χ0n) is 20.7. The van der Waals surface area contributed by atoms with Gasteiger partial charge in [-0.2, -0.15) is 4.98 Å². The summed E-state index contributed by atoms with van der Waals surface area (Å²) in [6, 6.07) is 7.51. The number of aromatic nitrogens is 2. The molecule has 34 heavy (non-hydrogen) atoms. The summed E-state index contributed by atoms with van der Waals surface area (Å²) in [4.78, 5) is 24.7. The average Bonchev–Trinajstić information content (AvgIpc) is 2.81. The van der Waals surface area contributed by atoms with Crippen LogP contribution in [0.4, 0.5) is 11.8 Å². The second-order valence-electron chi connectivity index (χ2n) is 10.1. The molecule has 1 saturated carbocycles. The van der Waals surface area contributed by atoms with E-state index in [1.54, 1.807) is 38.1 Å². The number of carbonyl (C=O) groups is 1. The topological polar surface area (TPSA) is 79.4 Å². The number of benzene rings is 1. The van der Waals surface area contributed by atoms with E-state index in [1.807, 2.05) is 14.1 Å². The van der Waals surface area contributed by atoms with Crippen LogP contribution < -0.4 is 20.3 Å². The first kappa shape index (κ1) is 24.6. The number of hydrogen-bond acceptors (Lipinski definition) is 6. The monoisotopic (exact) mass is 485 g/mol. The van der Waals surface area contributed by atoms with Gasteiger partial charge in [-0.15, -0.1) is 0 Å². The van der Waals surface area contributed by atoms with Gasteiger partial charge in [-0.1, -0.05) is 11.6 Å². The van der Waals surface area contributed by atoms with Gasteiger partial charge < -0.3 is 20.3 Å². The molecule has 8 heteroatoms. The second kappa shape index (κ2) is 10.4. The number of aryl methyl sites for hydroxylation is 1. The van der Waals surface area contributed by atoms with Gasteiger partial charge in [0.1, 0.15) is 11.6 Å². The zero-order chi connectivity index (χ0) is 24.3. The summed E-state index contributed by atoms with van der Waals surface area (Å²) in [5.74, 6) is 2.29. The van der Waals surface area contributed by atoms with Crippen LogP contribution >= 0.6 is 11.6 Å². The average molecular weight is 486 g/mol. The highest BCUT2D eigenvalue weighted by Crippen LogP contribution is 2.29. The van der Waals surface area contributed by atoms with Crippen molar-refractivity contribution in [3.8, 4) is 5.75 Å². The number of nitrogens with one attached hydrogen (secondary N) is 2. The van der Waals surface area contributed by atoms with Crippen molar-refractivity contribution in [2.45, 2.75) is 82.9 Å². The van der Waals surface area contributed by atoms with Gasteiger partial charge in [-0.25, -0.2) is 4.98 Å². The highest BCUT2D eigenvalue weighted by Gasteiger charge is 2.33. The molecular weight excluding hydrogens is 450 g/mol. The number of amides is 1. The Balaban J connectivity index is 1.31. The smallest absolute Gasteiger partial charge is 0.263 e. The third kappa shape index (κ3) is 5.93. The molecule has 7 nitrogen and oxygen atoms in total. The molecular formula is C26H36ClN5O2. The van der Waals surface area contributed by atoms with Crippen molar-refractivity contribution in [1.82, 2.24) is 15.3 Å². The summed E-state index contributed by atoms with van der Waals surface area (Å²) in [7, 11) is 4.10. The molecule has 1 fully saturated rings. The predicted molar refractivity (Wildman–Crippen MR) is 137 cm³/mol. The van der Waals surface area contributed by atoms with E-state index in [1.165, 1.54) is 24.1 Å². The van der Waals surface area contributed by atoms with Crippen molar-refractivity contribution in [2.24, 2.45) is 0 Å². The highest BCUT2D eigenvalue weighted by molar-refractivity contribution is 6.30. The number of hydrogen-bond donors (Lipinski definition) is 2. The third-order valence-electron chi connectivity index (χ3n) is 6.71. The number of rotatable bonds is 7. The van der Waals surface area contributed by atoms with Crippen molar-refractivity contribution in [3.05, 3.63) is 40.5 Å². The van der Waals surface area contributed by atoms with Crippen LogP contribution in [-0.4, -0.2) is 47.7 Å². The van der Waals surface area contributed by atoms with Gasteiger partial charge in [0.05, 0.1) is 5.69 Å². The van der Waals surface area contributed by atoms with Crippen LogP contribution in [0.2, 0.25) is 5.02 Å². The first-order valence-electron chi connectivity index (χ1n) is 12.3. The number of ether oxygens (including phenoxy) is 1. The number of nitrogens with zero attached hydrogens (tertiary/aromatic N) is 3. The molecule has 1 amide bonds. The Morgan fingerprint density at radius 1 is 1.03 bits per heavy atom. The van der Waals surface area contributed by atoms with Gasteiger partial charge in [-0.05, 0) is 89.5 Å². The van der Waals surface area contributed by atoms with Crippen molar-refractivity contribution < 1.29 is 9.53 Å². The molecule has 0 bridgehead atoms. The Labute approximate surface area is 207 Å². The summed E-state index contributed by atoms with van der Waals surface area (Å²) in [5.41, 5.74) is 1.52. The number of halogens is 1. The van der Waals surface area contributed by atoms with Gasteiger partial charge in [0.15, 0.2) is 5.60 Å². The Morgan fingerprint density at radius 2 is 1.68 bits per heavy atom. The zero-order valence-corrected chi connectivity index (χ0v) is 21.4. The van der Waals surface area contributed by atoms with Gasteiger partial charge in [0.25, 0.3) is 5.91 Å². The minimum Gasteiger partial charge on any atom is -0.478 e. The molecule has 1 aromatic carbocycles. The summed E-state index contributed by atoms with van der Waals surface area (Å²) in [5, 5.41) is 7.39. The van der Waals surface area contributed by atoms with E-state index in [0.29, 0.717) is 16.8 Å². The minimum atomic E-state index is -0.970. The fourth-order valence-electron chi connectivity index (χ4n) is 4.78. The van der Waals surface area contributed by atoms with Crippen molar-refractivity contribution >= 4 is 29.3 Å². The van der Waals surface area contributed by atoms with Gasteiger partial charge in [0, 0.05) is 36.8 Å². The second-order valence-corrected chi connectivity index (χ2v) is 10.6. The molecule has 2 aromatic rings. The van der Waals surface area contributed by atoms with E-state index in [0.717, 1.165) is 50.3 Å². The lowest BCUT2D eigenvalue weighted by Crippen LogP contribution is -2.51. The molecule has 2 aliphatic carbocycles. The van der Waals surface area contributed by atoms with Crippen LogP contribution in [0.3, 0.4) is 0 Å². The first-order chi connectivity index (χ1) is 16.2. The minimum absolute atomic E-state index is 0.104. The molecule has 184 valence electrons. The van der Waals surface area contributed by atoms with Crippen molar-refractivity contribution in [3.63, 3.8) is 0 Å². The lowest BCUT2D eigenvalue weighted by Gasteiger charge is -2.33. The Morgan fingerprint density at radius 3 is 2.35 bits per heavy atom. The van der Waals surface area contributed by atoms with Gasteiger partial charge in [-0.3, -0.25) is 4.79 Å². The lowest BCUT2D eigenvalue weighted by molar-refractivity contribution is -0.135. The predicted octanol–water partition coefficient (Wildman–Crippen LogP) is 4.77. The van der Waals surface area contributed by atoms with Gasteiger partial charge >= 0.3 is 0 Å². The van der Waals surface area contributed by atoms with E-state index in [2.05, 4.69) is 15.5 Å². The first-order valence-corrected chi connectivity index (χ1v) is 12.7. The standard InChI is InChI=1S/C26H36ClN5O2/c1-26(2,34-20-15-9-17(27)10-16-20)24(33)28-18-11-13-19(14-12-18)29-25-30-22-8-6-5-7-21(22)23(31-25)32(3)4/h9-10,15-16,18-19H,5-8,11-14H2,1-4H3,(H,28,33)(H,29,30,31). The fourth-order valence-corrected chi connectivity index (χ4v) is 4.90. The summed E-state index contributed by atoms with van der Waals surface area (Å²) in [6.45, 7) is 3.58. The van der Waals surface area contributed by atoms with Crippen LogP contribution in [0.15, 0.2) is 24.3 Å². The van der Waals surface area contributed by atoms with E-state index < -0.39 is 5.60 Å². The maximum absolute atomic E-state index is 12.9. The van der Waals surface area contributed by atoms with Crippen LogP contribution in [0.25, 0.3) is 0 Å². The molecule has 0 spiro atoms. The highest BCUT2D eigenvalue weighted by atomic mass is 35.5. The third-order valence-corrected chi connectivity index (χ3v) is 6.97. The molecule has 0 atom stereocenters. The molecule has 0 saturated heterocycles. The largest absolute Gasteiger partial charge is 0.478 e. The summed E-state index contributed by atoms with van der Waals surface area (Å²) in [6.07, 6.45) is 8.23. The Bertz CT molecular complexity index is 1000. The van der Waals surface area contributed by atoms with Crippen molar-refractivity contribution in [1.29, 1.82) is 0 Å². The number of fused-ring (bicyclic) bond motifs is 1. The normalized spacial score (nSPS) is 20.3. The van der Waals surface area contributed by atoms with Crippen LogP contribution in [0, 0.1) is 0 Å². The molecule has 2 aliphatic rings. The van der Waals surface area contributed by atoms with E-state index >= 15 is 0 Å². The van der Waals surface area contributed by atoms with Crippen LogP contribution in [-0.2, 0) is 17.6 Å². The molecule has 0 unspecified atom stereocenters. The van der Waals surface area contributed by atoms with Gasteiger partial charge in [0.2, 0.25) is 5.95 Å². The summed E-state index contributed by atoms with van der Waals surface area (Å²) < 4.78 is 5.93. The van der Waals surface area contributed by atoms with Crippen molar-refractivity contribution in [2.75, 3.05) is 24.3 Å². The van der Waals surface area contributed by atoms with Crippen LogP contribution in [0.5, 0.6) is 5.75 Å². The maximum atomic E-state index is 12.9. The molecule has 4 rings (SSSR count). The van der Waals surface area contributed by atoms with E-state index in [-0.39, 0.29) is 11.9 Å². The summed E-state index contributed by atoms with van der Waals surface area (Å²) >= 11 is 5.94. The van der Waals surface area contributed by atoms with E-state index in [9.17, 15) is 4.79 Å². The molecule has 0 radical (unpaired) electrons. The quantitative estimate of drug-likeness (QED) is 0.588.